The van der Waals surface area contributed by atoms with E-state index in [1.54, 1.807) is 0 Å². The molecule has 0 aromatic carbocycles. The fourth-order valence-electron chi connectivity index (χ4n) is 6.45. The van der Waals surface area contributed by atoms with E-state index < -0.39 is 11.4 Å². The normalized spacial score (nSPS) is 40.3. The molecule has 6 rings (SSSR count). The lowest BCUT2D eigenvalue weighted by Gasteiger charge is -2.51. The van der Waals surface area contributed by atoms with Gasteiger partial charge in [-0.2, -0.15) is 0 Å². The highest BCUT2D eigenvalue weighted by atomic mass is 16.4. The monoisotopic (exact) mass is 373 g/mol. The van der Waals surface area contributed by atoms with Gasteiger partial charge in [0, 0.05) is 25.4 Å². The van der Waals surface area contributed by atoms with Crippen LogP contribution in [0.1, 0.15) is 69.6 Å². The molecule has 4 saturated carbocycles. The standard InChI is InChI=1S/C20H27N3O4/c1-13-21-22-15(27-13)20-4-2-3-14(20)11-23(12-20)16(24)18-5-8-19(9-6-18,10-7-18)17(25)26/h14H,2-12H2,1H3,(H,25,26)/t14-,18?,19?,20-/m0/s1. The summed E-state index contributed by atoms with van der Waals surface area (Å²) in [5.41, 5.74) is -1.10. The van der Waals surface area contributed by atoms with Crippen molar-refractivity contribution in [2.75, 3.05) is 13.1 Å². The number of rotatable bonds is 3. The Morgan fingerprint density at radius 2 is 1.74 bits per heavy atom. The summed E-state index contributed by atoms with van der Waals surface area (Å²) < 4.78 is 5.82. The lowest BCUT2D eigenvalue weighted by molar-refractivity contribution is -0.167. The first kappa shape index (κ1) is 17.2. The molecule has 0 radical (unpaired) electrons. The van der Waals surface area contributed by atoms with E-state index in [2.05, 4.69) is 10.2 Å². The van der Waals surface area contributed by atoms with Crippen molar-refractivity contribution in [3.63, 3.8) is 0 Å². The van der Waals surface area contributed by atoms with Crippen LogP contribution < -0.4 is 0 Å². The van der Waals surface area contributed by atoms with Crippen LogP contribution in [0.25, 0.3) is 0 Å². The molecule has 5 fully saturated rings. The smallest absolute Gasteiger partial charge is 0.309 e. The maximum Gasteiger partial charge on any atom is 0.309 e. The van der Waals surface area contributed by atoms with Crippen LogP contribution in [0, 0.1) is 23.7 Å². The second-order valence-corrected chi connectivity index (χ2v) is 9.42. The molecular formula is C20H27N3O4. The Bertz CT molecular complexity index is 778. The number of aromatic nitrogens is 2. The highest BCUT2D eigenvalue weighted by Crippen LogP contribution is 2.59. The van der Waals surface area contributed by atoms with Crippen LogP contribution in [0.2, 0.25) is 0 Å². The number of aryl methyl sites for hydroxylation is 1. The third-order valence-corrected chi connectivity index (χ3v) is 8.26. The average molecular weight is 373 g/mol. The predicted octanol–water partition coefficient (Wildman–Crippen LogP) is 2.68. The minimum absolute atomic E-state index is 0.179. The number of aliphatic carboxylic acids is 1. The molecule has 27 heavy (non-hydrogen) atoms. The minimum atomic E-state index is -0.676. The third kappa shape index (κ3) is 2.26. The zero-order chi connectivity index (χ0) is 18.9. The number of likely N-dealkylation sites (tertiary alicyclic amines) is 1. The van der Waals surface area contributed by atoms with Crippen LogP contribution in [-0.2, 0) is 15.0 Å². The Morgan fingerprint density at radius 1 is 1.07 bits per heavy atom. The van der Waals surface area contributed by atoms with Gasteiger partial charge in [0.05, 0.1) is 10.8 Å². The summed E-state index contributed by atoms with van der Waals surface area (Å²) in [5.74, 6) is 1.24. The van der Waals surface area contributed by atoms with E-state index in [1.807, 2.05) is 11.8 Å². The first-order valence-corrected chi connectivity index (χ1v) is 10.2. The number of hydrogen-bond donors (Lipinski definition) is 1. The van der Waals surface area contributed by atoms with Gasteiger partial charge in [0.1, 0.15) is 0 Å². The Balaban J connectivity index is 1.38. The number of fused-ring (bicyclic) bond motifs is 4. The topological polar surface area (TPSA) is 96.5 Å². The molecule has 0 spiro atoms. The van der Waals surface area contributed by atoms with Crippen LogP contribution >= 0.6 is 0 Å². The van der Waals surface area contributed by atoms with Gasteiger partial charge in [-0.15, -0.1) is 10.2 Å². The summed E-state index contributed by atoms with van der Waals surface area (Å²) in [4.78, 5) is 27.3. The van der Waals surface area contributed by atoms with Gasteiger partial charge in [0.25, 0.3) is 0 Å². The maximum absolute atomic E-state index is 13.6. The van der Waals surface area contributed by atoms with E-state index in [1.165, 1.54) is 0 Å². The van der Waals surface area contributed by atoms with Crippen LogP contribution in [0.4, 0.5) is 0 Å². The van der Waals surface area contributed by atoms with E-state index in [-0.39, 0.29) is 16.7 Å². The van der Waals surface area contributed by atoms with Crippen LogP contribution in [0.3, 0.4) is 0 Å². The number of carbonyl (C=O) groups is 2. The van der Waals surface area contributed by atoms with Crippen LogP contribution in [0.5, 0.6) is 0 Å². The van der Waals surface area contributed by atoms with Gasteiger partial charge in [0.2, 0.25) is 17.7 Å². The molecular weight excluding hydrogens is 346 g/mol. The number of hydrogen-bond acceptors (Lipinski definition) is 5. The van der Waals surface area contributed by atoms with Gasteiger partial charge in [-0.05, 0) is 57.3 Å². The van der Waals surface area contributed by atoms with E-state index >= 15 is 0 Å². The van der Waals surface area contributed by atoms with Gasteiger partial charge in [0.15, 0.2) is 0 Å². The first-order valence-electron chi connectivity index (χ1n) is 10.2. The number of nitrogens with zero attached hydrogens (tertiary/aromatic N) is 3. The van der Waals surface area contributed by atoms with Gasteiger partial charge >= 0.3 is 5.97 Å². The summed E-state index contributed by atoms with van der Waals surface area (Å²) >= 11 is 0. The molecule has 1 aliphatic heterocycles. The van der Waals surface area contributed by atoms with Gasteiger partial charge in [-0.3, -0.25) is 9.59 Å². The van der Waals surface area contributed by atoms with Crippen molar-refractivity contribution in [3.8, 4) is 0 Å². The molecule has 1 N–H and O–H groups in total. The molecule has 2 atom stereocenters. The fraction of sp³-hybridized carbons (Fsp3) is 0.800. The Morgan fingerprint density at radius 3 is 2.33 bits per heavy atom. The number of carbonyl (C=O) groups excluding carboxylic acids is 1. The molecule has 2 heterocycles. The lowest BCUT2D eigenvalue weighted by Crippen LogP contribution is -2.53. The molecule has 1 amide bonds. The van der Waals surface area contributed by atoms with Crippen molar-refractivity contribution >= 4 is 11.9 Å². The molecule has 146 valence electrons. The zero-order valence-electron chi connectivity index (χ0n) is 15.9. The van der Waals surface area contributed by atoms with E-state index in [4.69, 9.17) is 4.42 Å². The van der Waals surface area contributed by atoms with Crippen molar-refractivity contribution in [2.45, 2.75) is 70.1 Å². The number of amides is 1. The summed E-state index contributed by atoms with van der Waals surface area (Å²) in [6.45, 7) is 3.25. The molecule has 5 aliphatic rings. The van der Waals surface area contributed by atoms with E-state index in [9.17, 15) is 14.7 Å². The molecule has 1 saturated heterocycles. The zero-order valence-corrected chi connectivity index (χ0v) is 15.9. The SMILES string of the molecule is Cc1nnc([C@]23CCC[C@H]2CN(C(=O)C24CCC(C(=O)O)(CC2)CC4)C3)o1. The fourth-order valence-corrected chi connectivity index (χ4v) is 6.45. The Hall–Kier alpha value is -1.92. The Labute approximate surface area is 158 Å². The Kier molecular flexibility index (Phi) is 3.53. The first-order chi connectivity index (χ1) is 12.9. The molecule has 0 unspecified atom stereocenters. The van der Waals surface area contributed by atoms with Gasteiger partial charge in [-0.1, -0.05) is 6.42 Å². The van der Waals surface area contributed by atoms with Gasteiger partial charge < -0.3 is 14.4 Å². The van der Waals surface area contributed by atoms with E-state index in [0.29, 0.717) is 62.8 Å². The second kappa shape index (κ2) is 5.55. The molecule has 7 heteroatoms. The predicted molar refractivity (Wildman–Crippen MR) is 94.8 cm³/mol. The highest BCUT2D eigenvalue weighted by molar-refractivity contribution is 5.85. The third-order valence-electron chi connectivity index (χ3n) is 8.26. The number of carboxylic acid groups (broad SMARTS) is 1. The van der Waals surface area contributed by atoms with Crippen molar-refractivity contribution in [3.05, 3.63) is 11.8 Å². The van der Waals surface area contributed by atoms with Crippen molar-refractivity contribution in [2.24, 2.45) is 16.7 Å². The van der Waals surface area contributed by atoms with Crippen molar-refractivity contribution < 1.29 is 19.1 Å². The summed E-state index contributed by atoms with van der Waals surface area (Å²) in [6, 6.07) is 0. The maximum atomic E-state index is 13.6. The van der Waals surface area contributed by atoms with Crippen LogP contribution in [0.15, 0.2) is 4.42 Å². The lowest BCUT2D eigenvalue weighted by atomic mass is 9.53. The quantitative estimate of drug-likeness (QED) is 0.875. The molecule has 7 nitrogen and oxygen atoms in total. The summed E-state index contributed by atoms with van der Waals surface area (Å²) in [5, 5.41) is 18.0. The number of carboxylic acids is 1. The highest BCUT2D eigenvalue weighted by Gasteiger charge is 2.60. The summed E-state index contributed by atoms with van der Waals surface area (Å²) in [7, 11) is 0. The van der Waals surface area contributed by atoms with Crippen molar-refractivity contribution in [1.82, 2.24) is 15.1 Å². The molecule has 1 aromatic rings. The van der Waals surface area contributed by atoms with Crippen molar-refractivity contribution in [1.29, 1.82) is 0 Å². The molecule has 4 aliphatic carbocycles. The minimum Gasteiger partial charge on any atom is -0.481 e. The van der Waals surface area contributed by atoms with Gasteiger partial charge in [-0.25, -0.2) is 0 Å². The average Bonchev–Trinajstić information content (AvgIpc) is 3.36. The second-order valence-electron chi connectivity index (χ2n) is 9.42. The summed E-state index contributed by atoms with van der Waals surface area (Å²) in [6.07, 6.45) is 7.29. The van der Waals surface area contributed by atoms with Crippen LogP contribution in [-0.4, -0.2) is 45.2 Å². The molecule has 1 aromatic heterocycles. The largest absolute Gasteiger partial charge is 0.481 e. The molecule has 2 bridgehead atoms. The van der Waals surface area contributed by atoms with E-state index in [0.717, 1.165) is 25.8 Å².